The molecule has 216 valence electrons. The monoisotopic (exact) mass is 579 g/mol. The van der Waals surface area contributed by atoms with Gasteiger partial charge in [0.2, 0.25) is 15.9 Å². The number of carbonyl (C=O) groups excluding carboxylic acids is 2. The number of nitrogens with zero attached hydrogens (tertiary/aromatic N) is 2. The fraction of sp³-hybridized carbons (Fsp3) is 0.333. The molecule has 1 saturated heterocycles. The molecule has 10 nitrogen and oxygen atoms in total. The quantitative estimate of drug-likeness (QED) is 0.436. The Labute approximate surface area is 239 Å². The van der Waals surface area contributed by atoms with E-state index in [1.54, 1.807) is 29.2 Å². The lowest BCUT2D eigenvalue weighted by molar-refractivity contribution is -0.129. The summed E-state index contributed by atoms with van der Waals surface area (Å²) in [6, 6.07) is 21.2. The number of fused-ring (bicyclic) bond motifs is 1. The fourth-order valence-electron chi connectivity index (χ4n) is 5.17. The van der Waals surface area contributed by atoms with Crippen LogP contribution in [0.25, 0.3) is 0 Å². The number of nitrogens with one attached hydrogen (secondary N) is 1. The van der Waals surface area contributed by atoms with Gasteiger partial charge in [-0.15, -0.1) is 0 Å². The van der Waals surface area contributed by atoms with Gasteiger partial charge >= 0.3 is 0 Å². The average molecular weight is 580 g/mol. The number of amides is 2. The third-order valence-electron chi connectivity index (χ3n) is 7.44. The van der Waals surface area contributed by atoms with Crippen LogP contribution in [0.5, 0.6) is 17.2 Å². The van der Waals surface area contributed by atoms with E-state index in [2.05, 4.69) is 5.32 Å². The molecule has 0 saturated carbocycles. The fourth-order valence-corrected chi connectivity index (χ4v) is 6.65. The number of ether oxygens (including phenoxy) is 3. The molecule has 1 N–H and O–H groups in total. The van der Waals surface area contributed by atoms with Crippen molar-refractivity contribution >= 4 is 27.5 Å². The number of anilines is 1. The third-order valence-corrected chi connectivity index (χ3v) is 9.33. The summed E-state index contributed by atoms with van der Waals surface area (Å²) < 4.78 is 44.6. The Hall–Kier alpha value is -4.09. The zero-order valence-corrected chi connectivity index (χ0v) is 23.8. The van der Waals surface area contributed by atoms with Crippen LogP contribution < -0.4 is 24.4 Å². The Morgan fingerprint density at radius 3 is 2.32 bits per heavy atom. The van der Waals surface area contributed by atoms with Crippen molar-refractivity contribution in [2.24, 2.45) is 5.92 Å². The van der Waals surface area contributed by atoms with Crippen LogP contribution in [0.4, 0.5) is 5.69 Å². The average Bonchev–Trinajstić information content (AvgIpc) is 3.02. The van der Waals surface area contributed by atoms with Gasteiger partial charge in [0, 0.05) is 31.6 Å². The van der Waals surface area contributed by atoms with Gasteiger partial charge in [-0.3, -0.25) is 9.59 Å². The van der Waals surface area contributed by atoms with Crippen LogP contribution in [0.3, 0.4) is 0 Å². The van der Waals surface area contributed by atoms with E-state index in [0.717, 1.165) is 5.56 Å². The van der Waals surface area contributed by atoms with E-state index in [1.165, 1.54) is 30.7 Å². The van der Waals surface area contributed by atoms with Crippen molar-refractivity contribution in [3.8, 4) is 17.2 Å². The molecule has 41 heavy (non-hydrogen) atoms. The summed E-state index contributed by atoms with van der Waals surface area (Å²) in [5, 5.41) is 2.90. The minimum Gasteiger partial charge on any atom is -0.493 e. The molecular formula is C30H33N3O7S. The van der Waals surface area contributed by atoms with Crippen LogP contribution in [0.15, 0.2) is 77.7 Å². The minimum atomic E-state index is -3.79. The van der Waals surface area contributed by atoms with Gasteiger partial charge in [-0.1, -0.05) is 42.5 Å². The molecule has 1 atom stereocenters. The zero-order valence-electron chi connectivity index (χ0n) is 23.0. The van der Waals surface area contributed by atoms with E-state index in [9.17, 15) is 18.0 Å². The summed E-state index contributed by atoms with van der Waals surface area (Å²) in [4.78, 5) is 28.5. The topological polar surface area (TPSA) is 114 Å². The maximum atomic E-state index is 13.8. The Morgan fingerprint density at radius 1 is 0.927 bits per heavy atom. The van der Waals surface area contributed by atoms with E-state index < -0.39 is 22.0 Å². The number of carbonyl (C=O) groups is 2. The maximum Gasteiger partial charge on any atom is 0.263 e. The van der Waals surface area contributed by atoms with Gasteiger partial charge in [0.25, 0.3) is 5.91 Å². The molecule has 3 aromatic carbocycles. The number of sulfonamides is 1. The molecule has 0 aromatic heterocycles. The second-order valence-corrected chi connectivity index (χ2v) is 11.9. The highest BCUT2D eigenvalue weighted by atomic mass is 32.2. The van der Waals surface area contributed by atoms with Crippen molar-refractivity contribution in [3.05, 3.63) is 78.4 Å². The molecule has 5 rings (SSSR count). The minimum absolute atomic E-state index is 0.0701. The number of methoxy groups -OCH3 is 2. The number of para-hydroxylation sites is 2. The van der Waals surface area contributed by atoms with Crippen LogP contribution in [0.2, 0.25) is 0 Å². The van der Waals surface area contributed by atoms with Crippen LogP contribution in [0, 0.1) is 5.92 Å². The first-order valence-electron chi connectivity index (χ1n) is 13.4. The molecule has 2 aliphatic heterocycles. The second-order valence-electron chi connectivity index (χ2n) is 9.92. The summed E-state index contributed by atoms with van der Waals surface area (Å²) in [5.74, 6) is 0.369. The molecule has 2 heterocycles. The predicted octanol–water partition coefficient (Wildman–Crippen LogP) is 3.22. The number of benzene rings is 3. The third kappa shape index (κ3) is 6.01. The first-order valence-corrected chi connectivity index (χ1v) is 14.9. The van der Waals surface area contributed by atoms with Gasteiger partial charge in [-0.25, -0.2) is 8.42 Å². The second kappa shape index (κ2) is 12.2. The largest absolute Gasteiger partial charge is 0.493 e. The molecule has 2 amide bonds. The Kier molecular flexibility index (Phi) is 8.46. The highest BCUT2D eigenvalue weighted by Gasteiger charge is 2.39. The maximum absolute atomic E-state index is 13.8. The lowest BCUT2D eigenvalue weighted by Gasteiger charge is -2.38. The van der Waals surface area contributed by atoms with Crippen LogP contribution in [-0.2, 0) is 26.2 Å². The first-order chi connectivity index (χ1) is 19.8. The molecule has 0 bridgehead atoms. The van der Waals surface area contributed by atoms with E-state index >= 15 is 0 Å². The van der Waals surface area contributed by atoms with Crippen LogP contribution in [0.1, 0.15) is 18.4 Å². The molecule has 0 unspecified atom stereocenters. The summed E-state index contributed by atoms with van der Waals surface area (Å²) in [7, 11) is -0.854. The number of hydrogen-bond acceptors (Lipinski definition) is 7. The van der Waals surface area contributed by atoms with Crippen LogP contribution >= 0.6 is 0 Å². The lowest BCUT2D eigenvalue weighted by Crippen LogP contribution is -2.53. The van der Waals surface area contributed by atoms with Gasteiger partial charge in [0.1, 0.15) is 5.75 Å². The van der Waals surface area contributed by atoms with Crippen molar-refractivity contribution in [2.45, 2.75) is 30.4 Å². The van der Waals surface area contributed by atoms with Gasteiger partial charge in [-0.2, -0.15) is 4.31 Å². The Balaban J connectivity index is 1.26. The number of piperidine rings is 1. The van der Waals surface area contributed by atoms with E-state index in [4.69, 9.17) is 14.2 Å². The predicted molar refractivity (Wildman–Crippen MR) is 153 cm³/mol. The summed E-state index contributed by atoms with van der Waals surface area (Å²) in [6.07, 6.45) is -0.158. The number of hydrogen-bond donors (Lipinski definition) is 1. The van der Waals surface area contributed by atoms with Crippen molar-refractivity contribution < 1.29 is 32.2 Å². The Bertz CT molecular complexity index is 1510. The molecule has 0 spiro atoms. The van der Waals surface area contributed by atoms with Crippen LogP contribution in [-0.4, -0.2) is 64.5 Å². The molecule has 1 fully saturated rings. The van der Waals surface area contributed by atoms with E-state index in [-0.39, 0.29) is 36.3 Å². The summed E-state index contributed by atoms with van der Waals surface area (Å²) in [5.41, 5.74) is 1.56. The molecule has 0 aliphatic carbocycles. The number of rotatable bonds is 8. The van der Waals surface area contributed by atoms with Gasteiger partial charge in [0.15, 0.2) is 17.6 Å². The first kappa shape index (κ1) is 28.4. The highest BCUT2D eigenvalue weighted by Crippen LogP contribution is 2.36. The molecule has 0 radical (unpaired) electrons. The van der Waals surface area contributed by atoms with Crippen molar-refractivity contribution in [1.82, 2.24) is 9.62 Å². The van der Waals surface area contributed by atoms with E-state index in [1.807, 2.05) is 36.4 Å². The van der Waals surface area contributed by atoms with Gasteiger partial charge < -0.3 is 24.4 Å². The highest BCUT2D eigenvalue weighted by molar-refractivity contribution is 7.89. The summed E-state index contributed by atoms with van der Waals surface area (Å²) >= 11 is 0. The van der Waals surface area contributed by atoms with Crippen molar-refractivity contribution in [3.63, 3.8) is 0 Å². The van der Waals surface area contributed by atoms with Crippen molar-refractivity contribution in [2.75, 3.05) is 38.8 Å². The SMILES string of the molecule is COc1ccc(S(=O)(=O)N2CCC(C(=O)N3C[C@H](C(=O)NCc4ccccc4)Oc4ccccc43)CC2)cc1OC. The standard InChI is InChI=1S/C30H33N3O7S/c1-38-26-13-12-23(18-27(26)39-2)41(36,37)32-16-14-22(15-17-32)30(35)33-20-28(40-25-11-7-6-10-24(25)33)29(34)31-19-21-8-4-3-5-9-21/h3-13,18,22,28H,14-17,19-20H2,1-2H3,(H,31,34)/t28-/m1/s1. The molecule has 2 aliphatic rings. The molecule has 11 heteroatoms. The van der Waals surface area contributed by atoms with Crippen molar-refractivity contribution in [1.29, 1.82) is 0 Å². The summed E-state index contributed by atoms with van der Waals surface area (Å²) in [6.45, 7) is 0.808. The van der Waals surface area contributed by atoms with E-state index in [0.29, 0.717) is 42.3 Å². The Morgan fingerprint density at radius 2 is 1.61 bits per heavy atom. The van der Waals surface area contributed by atoms with Gasteiger partial charge in [-0.05, 0) is 42.7 Å². The van der Waals surface area contributed by atoms with Gasteiger partial charge in [0.05, 0.1) is 31.3 Å². The lowest BCUT2D eigenvalue weighted by atomic mass is 9.95. The normalized spacial score (nSPS) is 17.7. The molecular weight excluding hydrogens is 546 g/mol. The smallest absolute Gasteiger partial charge is 0.263 e. The zero-order chi connectivity index (χ0) is 29.0. The molecule has 3 aromatic rings.